The zero-order chi connectivity index (χ0) is 24.4. The summed E-state index contributed by atoms with van der Waals surface area (Å²) in [5, 5.41) is 5.84. The molecular weight excluding hydrogens is 474 g/mol. The van der Waals surface area contributed by atoms with Crippen molar-refractivity contribution in [3.63, 3.8) is 0 Å². The molecule has 7 nitrogen and oxygen atoms in total. The van der Waals surface area contributed by atoms with Gasteiger partial charge in [0.15, 0.2) is 0 Å². The minimum Gasteiger partial charge on any atom is -0.492 e. The number of carbonyl (C=O) groups excluding carboxylic acids is 3. The van der Waals surface area contributed by atoms with Gasteiger partial charge in [-0.2, -0.15) is 0 Å². The second-order valence-corrected chi connectivity index (χ2v) is 11.5. The molecule has 0 radical (unpaired) electrons. The van der Waals surface area contributed by atoms with Crippen molar-refractivity contribution in [3.05, 3.63) is 64.0 Å². The normalized spacial score (nSPS) is 23.2. The van der Waals surface area contributed by atoms with E-state index in [9.17, 15) is 14.4 Å². The molecule has 1 atom stereocenters. The number of amides is 3. The number of fused-ring (bicyclic) bond motifs is 5. The van der Waals surface area contributed by atoms with Crippen molar-refractivity contribution in [3.8, 4) is 5.75 Å². The number of nitrogens with zero attached hydrogens (tertiary/aromatic N) is 2. The van der Waals surface area contributed by atoms with Crippen molar-refractivity contribution in [1.29, 1.82) is 0 Å². The molecule has 36 heavy (non-hydrogen) atoms. The SMILES string of the molecule is O=C1CCC(N2Cc3c(ccc4c3OCC43CCN(Cc4ccc5sccc5c4)CC3)C2=O)C(=O)N1. The topological polar surface area (TPSA) is 79.0 Å². The number of imide groups is 1. The van der Waals surface area contributed by atoms with Crippen LogP contribution in [0.3, 0.4) is 0 Å². The lowest BCUT2D eigenvalue weighted by molar-refractivity contribution is -0.136. The predicted molar refractivity (Wildman–Crippen MR) is 136 cm³/mol. The van der Waals surface area contributed by atoms with E-state index in [-0.39, 0.29) is 29.6 Å². The second-order valence-electron chi connectivity index (χ2n) is 10.5. The minimum atomic E-state index is -0.606. The number of nitrogens with one attached hydrogen (secondary N) is 1. The lowest BCUT2D eigenvalue weighted by atomic mass is 9.74. The van der Waals surface area contributed by atoms with Crippen molar-refractivity contribution in [2.45, 2.75) is 50.2 Å². The molecular formula is C28H27N3O4S. The summed E-state index contributed by atoms with van der Waals surface area (Å²) in [5.74, 6) is 0.0353. The molecule has 0 bridgehead atoms. The van der Waals surface area contributed by atoms with E-state index in [2.05, 4.69) is 45.9 Å². The van der Waals surface area contributed by atoms with Crippen LogP contribution in [0.15, 0.2) is 41.8 Å². The Kier molecular flexibility index (Phi) is 4.98. The quantitative estimate of drug-likeness (QED) is 0.555. The number of piperidine rings is 2. The first-order valence-electron chi connectivity index (χ1n) is 12.6. The first-order chi connectivity index (χ1) is 17.5. The first kappa shape index (κ1) is 22.0. The van der Waals surface area contributed by atoms with Crippen molar-refractivity contribution >= 4 is 39.1 Å². The molecule has 4 aliphatic heterocycles. The van der Waals surface area contributed by atoms with Gasteiger partial charge < -0.3 is 9.64 Å². The Balaban J connectivity index is 1.08. The third kappa shape index (κ3) is 3.38. The molecule has 7 rings (SSSR count). The smallest absolute Gasteiger partial charge is 0.255 e. The summed E-state index contributed by atoms with van der Waals surface area (Å²) in [5.41, 5.74) is 4.05. The standard InChI is InChI=1S/C28H27N3O4S/c32-24-6-4-22(26(33)29-24)31-15-20-19(27(31)34)2-3-21-25(20)35-16-28(21)8-10-30(11-9-28)14-17-1-5-23-18(13-17)7-12-36-23/h1-3,5,7,12-13,22H,4,6,8-11,14-16H2,(H,29,32,33). The van der Waals surface area contributed by atoms with Crippen molar-refractivity contribution < 1.29 is 19.1 Å². The van der Waals surface area contributed by atoms with Gasteiger partial charge >= 0.3 is 0 Å². The van der Waals surface area contributed by atoms with Crippen LogP contribution in [0.2, 0.25) is 0 Å². The number of benzene rings is 2. The molecule has 8 heteroatoms. The molecule has 2 aromatic carbocycles. The number of thiophene rings is 1. The molecule has 2 saturated heterocycles. The average Bonchev–Trinajstić information content (AvgIpc) is 3.57. The summed E-state index contributed by atoms with van der Waals surface area (Å²) in [6.45, 7) is 3.96. The molecule has 1 unspecified atom stereocenters. The van der Waals surface area contributed by atoms with E-state index in [1.54, 1.807) is 16.2 Å². The average molecular weight is 502 g/mol. The molecule has 3 aromatic rings. The van der Waals surface area contributed by atoms with Crippen molar-refractivity contribution in [1.82, 2.24) is 15.1 Å². The highest BCUT2D eigenvalue weighted by molar-refractivity contribution is 7.17. The third-order valence-electron chi connectivity index (χ3n) is 8.47. The molecule has 3 amide bonds. The Bertz CT molecular complexity index is 1420. The molecule has 5 heterocycles. The fourth-order valence-corrected chi connectivity index (χ4v) is 7.18. The largest absolute Gasteiger partial charge is 0.492 e. The van der Waals surface area contributed by atoms with Gasteiger partial charge in [0.25, 0.3) is 5.91 Å². The fraction of sp³-hybridized carbons (Fsp3) is 0.393. The lowest BCUT2D eigenvalue weighted by Crippen LogP contribution is -2.52. The summed E-state index contributed by atoms with van der Waals surface area (Å²) >= 11 is 1.78. The molecule has 0 aliphatic carbocycles. The second kappa shape index (κ2) is 8.15. The molecule has 0 saturated carbocycles. The summed E-state index contributed by atoms with van der Waals surface area (Å²) in [6.07, 6.45) is 2.66. The summed E-state index contributed by atoms with van der Waals surface area (Å²) in [7, 11) is 0. The predicted octanol–water partition coefficient (Wildman–Crippen LogP) is 3.59. The highest BCUT2D eigenvalue weighted by Crippen LogP contribution is 2.49. The van der Waals surface area contributed by atoms with Gasteiger partial charge in [0.05, 0.1) is 13.2 Å². The summed E-state index contributed by atoms with van der Waals surface area (Å²) < 4.78 is 7.64. The van der Waals surface area contributed by atoms with E-state index in [0.717, 1.165) is 43.8 Å². The van der Waals surface area contributed by atoms with Crippen LogP contribution in [0.5, 0.6) is 5.75 Å². The van der Waals surface area contributed by atoms with Gasteiger partial charge in [-0.1, -0.05) is 12.1 Å². The minimum absolute atomic E-state index is 0.0245. The van der Waals surface area contributed by atoms with Gasteiger partial charge in [0, 0.05) is 39.8 Å². The Morgan fingerprint density at radius 3 is 2.78 bits per heavy atom. The number of ether oxygens (including phenoxy) is 1. The monoisotopic (exact) mass is 501 g/mol. The van der Waals surface area contributed by atoms with Crippen LogP contribution >= 0.6 is 11.3 Å². The van der Waals surface area contributed by atoms with Gasteiger partial charge in [0.2, 0.25) is 11.8 Å². The van der Waals surface area contributed by atoms with E-state index in [1.165, 1.54) is 21.2 Å². The molecule has 1 spiro atoms. The maximum Gasteiger partial charge on any atom is 0.255 e. The van der Waals surface area contributed by atoms with Crippen LogP contribution in [0, 0.1) is 0 Å². The Labute approximate surface area is 213 Å². The van der Waals surface area contributed by atoms with Crippen LogP contribution in [0.1, 0.15) is 52.7 Å². The Hall–Kier alpha value is -3.23. The van der Waals surface area contributed by atoms with Gasteiger partial charge in [-0.25, -0.2) is 0 Å². The van der Waals surface area contributed by atoms with E-state index in [1.807, 2.05) is 6.07 Å². The first-order valence-corrected chi connectivity index (χ1v) is 13.5. The Morgan fingerprint density at radius 2 is 1.94 bits per heavy atom. The molecule has 4 aliphatic rings. The molecule has 1 N–H and O–H groups in total. The van der Waals surface area contributed by atoms with Gasteiger partial charge in [-0.05, 0) is 72.9 Å². The molecule has 184 valence electrons. The van der Waals surface area contributed by atoms with E-state index in [0.29, 0.717) is 25.1 Å². The highest BCUT2D eigenvalue weighted by Gasteiger charge is 2.47. The summed E-state index contributed by atoms with van der Waals surface area (Å²) in [4.78, 5) is 41.3. The van der Waals surface area contributed by atoms with Crippen LogP contribution in [0.4, 0.5) is 0 Å². The zero-order valence-electron chi connectivity index (χ0n) is 19.9. The van der Waals surface area contributed by atoms with Crippen molar-refractivity contribution in [2.24, 2.45) is 0 Å². The lowest BCUT2D eigenvalue weighted by Gasteiger charge is -2.38. The molecule has 2 fully saturated rings. The fourth-order valence-electron chi connectivity index (χ4n) is 6.41. The van der Waals surface area contributed by atoms with Crippen LogP contribution in [-0.2, 0) is 28.1 Å². The zero-order valence-corrected chi connectivity index (χ0v) is 20.7. The number of rotatable bonds is 3. The number of hydrogen-bond donors (Lipinski definition) is 1. The van der Waals surface area contributed by atoms with Crippen LogP contribution < -0.4 is 10.1 Å². The van der Waals surface area contributed by atoms with E-state index < -0.39 is 6.04 Å². The highest BCUT2D eigenvalue weighted by atomic mass is 32.1. The number of likely N-dealkylation sites (tertiary alicyclic amines) is 1. The molecule has 1 aromatic heterocycles. The van der Waals surface area contributed by atoms with Crippen LogP contribution in [-0.4, -0.2) is 53.3 Å². The van der Waals surface area contributed by atoms with Gasteiger partial charge in [-0.15, -0.1) is 11.3 Å². The maximum absolute atomic E-state index is 13.2. The van der Waals surface area contributed by atoms with Gasteiger partial charge in [0.1, 0.15) is 11.8 Å². The number of carbonyl (C=O) groups is 3. The van der Waals surface area contributed by atoms with E-state index >= 15 is 0 Å². The number of hydrogen-bond acceptors (Lipinski definition) is 6. The third-order valence-corrected chi connectivity index (χ3v) is 9.36. The Morgan fingerprint density at radius 1 is 1.08 bits per heavy atom. The van der Waals surface area contributed by atoms with Crippen LogP contribution in [0.25, 0.3) is 10.1 Å². The maximum atomic E-state index is 13.2. The summed E-state index contributed by atoms with van der Waals surface area (Å²) in [6, 6.07) is 12.3. The van der Waals surface area contributed by atoms with Crippen molar-refractivity contribution in [2.75, 3.05) is 19.7 Å². The van der Waals surface area contributed by atoms with E-state index in [4.69, 9.17) is 4.74 Å². The van der Waals surface area contributed by atoms with Gasteiger partial charge in [-0.3, -0.25) is 24.6 Å².